The van der Waals surface area contributed by atoms with Crippen LogP contribution in [0.25, 0.3) is 0 Å². The van der Waals surface area contributed by atoms with Crippen LogP contribution in [-0.4, -0.2) is 35.4 Å². The van der Waals surface area contributed by atoms with E-state index in [9.17, 15) is 28.8 Å². The van der Waals surface area contributed by atoms with E-state index in [1.54, 1.807) is 164 Å². The molecule has 12 nitrogen and oxygen atoms in total. The zero-order valence-corrected chi connectivity index (χ0v) is 31.8. The number of nitrogens with one attached hydrogen (secondary N) is 6. The molecular weight excluding hydrogens is 757 g/mol. The van der Waals surface area contributed by atoms with Gasteiger partial charge in [-0.3, -0.25) is 28.8 Å². The molecule has 60 heavy (non-hydrogen) atoms. The molecule has 0 spiro atoms. The van der Waals surface area contributed by atoms with Gasteiger partial charge in [0.25, 0.3) is 35.4 Å². The van der Waals surface area contributed by atoms with Crippen LogP contribution in [0.3, 0.4) is 0 Å². The molecule has 0 aliphatic rings. The Morgan fingerprint density at radius 3 is 0.633 bits per heavy atom. The Kier molecular flexibility index (Phi) is 12.2. The molecule has 0 aromatic heterocycles. The van der Waals surface area contributed by atoms with Crippen molar-refractivity contribution < 1.29 is 28.8 Å². The van der Waals surface area contributed by atoms with Crippen LogP contribution in [0, 0.1) is 0 Å². The van der Waals surface area contributed by atoms with Gasteiger partial charge in [0.2, 0.25) is 0 Å². The topological polar surface area (TPSA) is 175 Å². The molecule has 12 heteroatoms. The second kappa shape index (κ2) is 18.5. The average Bonchev–Trinajstić information content (AvgIpc) is 3.27. The van der Waals surface area contributed by atoms with E-state index in [1.807, 2.05) is 0 Å². The summed E-state index contributed by atoms with van der Waals surface area (Å²) in [5.74, 6) is -2.91. The predicted molar refractivity (Wildman–Crippen MR) is 233 cm³/mol. The largest absolute Gasteiger partial charge is 0.322 e. The molecule has 7 rings (SSSR count). The van der Waals surface area contributed by atoms with Gasteiger partial charge in [0.1, 0.15) is 0 Å². The van der Waals surface area contributed by atoms with Crippen molar-refractivity contribution in [2.24, 2.45) is 0 Å². The van der Waals surface area contributed by atoms with Gasteiger partial charge in [0, 0.05) is 67.5 Å². The summed E-state index contributed by atoms with van der Waals surface area (Å²) in [6.45, 7) is 0. The minimum atomic E-state index is -0.638. The highest BCUT2D eigenvalue weighted by Gasteiger charge is 2.19. The summed E-state index contributed by atoms with van der Waals surface area (Å²) in [4.78, 5) is 79.8. The van der Waals surface area contributed by atoms with E-state index < -0.39 is 17.7 Å². The molecule has 0 aliphatic carbocycles. The fourth-order valence-electron chi connectivity index (χ4n) is 6.03. The van der Waals surface area contributed by atoms with Crippen molar-refractivity contribution in [3.05, 3.63) is 215 Å². The molecule has 0 saturated carbocycles. The van der Waals surface area contributed by atoms with Crippen LogP contribution in [0.5, 0.6) is 0 Å². The standard InChI is InChI=1S/C48H36N6O6/c55-43(31-13-4-1-5-14-31)49-37-19-10-22-40(28-37)52-46(58)34-25-35(47(59)53-41-23-11-20-38(29-41)50-44(56)32-15-6-2-7-16-32)27-36(26-34)48(60)54-42-24-12-21-39(30-42)51-45(57)33-17-8-3-9-18-33/h1-30H,(H,49,55)(H,50,56)(H,51,57)(H,52,58)(H,53,59)(H,54,60). The van der Waals surface area contributed by atoms with Gasteiger partial charge in [-0.1, -0.05) is 72.8 Å². The number of rotatable bonds is 12. The summed E-state index contributed by atoms with van der Waals surface area (Å²) in [6.07, 6.45) is 0. The Morgan fingerprint density at radius 2 is 0.417 bits per heavy atom. The Bertz CT molecular complexity index is 2410. The van der Waals surface area contributed by atoms with Gasteiger partial charge in [-0.25, -0.2) is 0 Å². The van der Waals surface area contributed by atoms with Crippen molar-refractivity contribution in [1.82, 2.24) is 0 Å². The fourth-order valence-corrected chi connectivity index (χ4v) is 6.03. The number of benzene rings is 7. The molecule has 6 N–H and O–H groups in total. The van der Waals surface area contributed by atoms with Crippen LogP contribution in [0.1, 0.15) is 62.1 Å². The van der Waals surface area contributed by atoms with Crippen LogP contribution in [0.15, 0.2) is 182 Å². The first-order chi connectivity index (χ1) is 29.2. The third-order valence-corrected chi connectivity index (χ3v) is 8.96. The van der Waals surface area contributed by atoms with Gasteiger partial charge in [-0.05, 0) is 109 Å². The van der Waals surface area contributed by atoms with Crippen molar-refractivity contribution in [2.75, 3.05) is 31.9 Å². The monoisotopic (exact) mass is 792 g/mol. The smallest absolute Gasteiger partial charge is 0.255 e. The molecule has 7 aromatic rings. The van der Waals surface area contributed by atoms with E-state index in [0.717, 1.165) is 0 Å². The highest BCUT2D eigenvalue weighted by Crippen LogP contribution is 2.23. The van der Waals surface area contributed by atoms with Crippen molar-refractivity contribution in [3.63, 3.8) is 0 Å². The second-order valence-corrected chi connectivity index (χ2v) is 13.4. The molecule has 7 aromatic carbocycles. The Balaban J connectivity index is 1.12. The number of anilines is 6. The molecule has 0 radical (unpaired) electrons. The van der Waals surface area contributed by atoms with Crippen LogP contribution < -0.4 is 31.9 Å². The van der Waals surface area contributed by atoms with Gasteiger partial charge in [-0.2, -0.15) is 0 Å². The first kappa shape index (κ1) is 39.6. The summed E-state index contributed by atoms with van der Waals surface area (Å²) in [6, 6.07) is 49.7. The van der Waals surface area contributed by atoms with Gasteiger partial charge < -0.3 is 31.9 Å². The lowest BCUT2D eigenvalue weighted by molar-refractivity contribution is 0.101. The van der Waals surface area contributed by atoms with E-state index in [2.05, 4.69) is 31.9 Å². The van der Waals surface area contributed by atoms with E-state index in [-0.39, 0.29) is 34.4 Å². The number of hydrogen-bond acceptors (Lipinski definition) is 6. The first-order valence-corrected chi connectivity index (χ1v) is 18.7. The van der Waals surface area contributed by atoms with Crippen molar-refractivity contribution >= 4 is 69.6 Å². The highest BCUT2D eigenvalue weighted by molar-refractivity contribution is 6.14. The van der Waals surface area contributed by atoms with Gasteiger partial charge in [-0.15, -0.1) is 0 Å². The van der Waals surface area contributed by atoms with Crippen LogP contribution in [0.4, 0.5) is 34.1 Å². The van der Waals surface area contributed by atoms with Crippen molar-refractivity contribution in [1.29, 1.82) is 0 Å². The average molecular weight is 793 g/mol. The van der Waals surface area contributed by atoms with Crippen LogP contribution in [-0.2, 0) is 0 Å². The maximum absolute atomic E-state index is 13.8. The summed E-state index contributed by atoms with van der Waals surface area (Å²) < 4.78 is 0. The third-order valence-electron chi connectivity index (χ3n) is 8.96. The van der Waals surface area contributed by atoms with Crippen molar-refractivity contribution in [2.45, 2.75) is 0 Å². The highest BCUT2D eigenvalue weighted by atomic mass is 16.2. The van der Waals surface area contributed by atoms with E-state index in [4.69, 9.17) is 0 Å². The molecule has 6 amide bonds. The Labute approximate surface area is 344 Å². The van der Waals surface area contributed by atoms with Gasteiger partial charge in [0.05, 0.1) is 0 Å². The molecule has 0 bridgehead atoms. The first-order valence-electron chi connectivity index (χ1n) is 18.7. The minimum Gasteiger partial charge on any atom is -0.322 e. The maximum Gasteiger partial charge on any atom is 0.255 e. The molecule has 0 unspecified atom stereocenters. The van der Waals surface area contributed by atoms with E-state index in [1.165, 1.54) is 18.2 Å². The number of hydrogen-bond donors (Lipinski definition) is 6. The van der Waals surface area contributed by atoms with Gasteiger partial charge in [0.15, 0.2) is 0 Å². The molecule has 0 atom stereocenters. The summed E-state index contributed by atoms with van der Waals surface area (Å²) >= 11 is 0. The third kappa shape index (κ3) is 10.4. The van der Waals surface area contributed by atoms with E-state index in [0.29, 0.717) is 50.8 Å². The number of carbonyl (C=O) groups excluding carboxylic acids is 6. The zero-order chi connectivity index (χ0) is 41.8. The van der Waals surface area contributed by atoms with Crippen LogP contribution in [0.2, 0.25) is 0 Å². The Hall–Kier alpha value is -8.64. The van der Waals surface area contributed by atoms with Crippen molar-refractivity contribution in [3.8, 4) is 0 Å². The summed E-state index contributed by atoms with van der Waals surface area (Å²) in [5, 5.41) is 16.8. The lowest BCUT2D eigenvalue weighted by atomic mass is 10.0. The molecule has 0 aliphatic heterocycles. The van der Waals surface area contributed by atoms with Crippen LogP contribution >= 0.6 is 0 Å². The molecular formula is C48H36N6O6. The normalized spacial score (nSPS) is 10.4. The molecule has 0 fully saturated rings. The number of amides is 6. The SMILES string of the molecule is O=C(Nc1cccc(NC(=O)c2cc(C(=O)Nc3cccc(NC(=O)c4ccccc4)c3)cc(C(=O)Nc3cccc(NC(=O)c4ccccc4)c3)c2)c1)c1ccccc1. The molecule has 294 valence electrons. The lowest BCUT2D eigenvalue weighted by Gasteiger charge is -2.13. The fraction of sp³-hybridized carbons (Fsp3) is 0. The zero-order valence-electron chi connectivity index (χ0n) is 31.8. The number of carbonyl (C=O) groups is 6. The molecule has 0 heterocycles. The maximum atomic E-state index is 13.8. The second-order valence-electron chi connectivity index (χ2n) is 13.4. The predicted octanol–water partition coefficient (Wildman–Crippen LogP) is 9.20. The summed E-state index contributed by atoms with van der Waals surface area (Å²) in [5.41, 5.74) is 3.65. The minimum absolute atomic E-state index is 0.0146. The lowest BCUT2D eigenvalue weighted by Crippen LogP contribution is -2.19. The quantitative estimate of drug-likeness (QED) is 0.0719. The Morgan fingerprint density at radius 1 is 0.217 bits per heavy atom. The van der Waals surface area contributed by atoms with Gasteiger partial charge >= 0.3 is 0 Å². The molecule has 0 saturated heterocycles. The summed E-state index contributed by atoms with van der Waals surface area (Å²) in [7, 11) is 0. The van der Waals surface area contributed by atoms with E-state index >= 15 is 0 Å².